The number of aromatic nitrogens is 1. The molecule has 0 spiro atoms. The molecule has 1 amide bonds. The van der Waals surface area contributed by atoms with E-state index in [1.54, 1.807) is 0 Å². The number of aliphatic hydroxyl groups is 1. The van der Waals surface area contributed by atoms with Crippen molar-refractivity contribution in [1.29, 1.82) is 0 Å². The summed E-state index contributed by atoms with van der Waals surface area (Å²) in [6.45, 7) is -0.763. The number of nitrogens with zero attached hydrogens (tertiary/aromatic N) is 1. The van der Waals surface area contributed by atoms with Gasteiger partial charge in [-0.3, -0.25) is 4.79 Å². The van der Waals surface area contributed by atoms with Crippen LogP contribution in [0, 0.1) is 23.3 Å². The standard InChI is InChI=1S/C18H11BrF4N2O4/c19-16-15(8-2-1-7(20)5-10(8)22)25-18(29-16)12(6-26)28-11-4-3-9(21)13(14(11)23)17(24)27/h1-5,12,26H,6H2,(H2,24,27)/t12-/m0/s1. The number of hydrogen-bond donors (Lipinski definition) is 2. The predicted molar refractivity (Wildman–Crippen MR) is 94.9 cm³/mol. The minimum absolute atomic E-state index is 0.0579. The number of amides is 1. The Balaban J connectivity index is 1.96. The van der Waals surface area contributed by atoms with E-state index in [0.717, 1.165) is 24.3 Å². The summed E-state index contributed by atoms with van der Waals surface area (Å²) in [4.78, 5) is 15.2. The summed E-state index contributed by atoms with van der Waals surface area (Å²) in [6.07, 6.45) is -1.40. The molecule has 1 atom stereocenters. The number of oxazole rings is 1. The Morgan fingerprint density at radius 1 is 1.21 bits per heavy atom. The van der Waals surface area contributed by atoms with Gasteiger partial charge in [0.05, 0.1) is 6.61 Å². The van der Waals surface area contributed by atoms with Crippen LogP contribution in [0.4, 0.5) is 17.6 Å². The molecule has 29 heavy (non-hydrogen) atoms. The summed E-state index contributed by atoms with van der Waals surface area (Å²) in [5, 5.41) is 9.57. The molecule has 0 aliphatic carbocycles. The van der Waals surface area contributed by atoms with Gasteiger partial charge in [-0.15, -0.1) is 0 Å². The van der Waals surface area contributed by atoms with Gasteiger partial charge in [0.2, 0.25) is 5.89 Å². The quantitative estimate of drug-likeness (QED) is 0.528. The third kappa shape index (κ3) is 4.10. The second-order valence-corrected chi connectivity index (χ2v) is 6.41. The van der Waals surface area contributed by atoms with E-state index in [0.29, 0.717) is 6.07 Å². The first kappa shape index (κ1) is 20.8. The fraction of sp³-hybridized carbons (Fsp3) is 0.111. The van der Waals surface area contributed by atoms with Gasteiger partial charge in [-0.05, 0) is 40.2 Å². The molecule has 0 saturated heterocycles. The van der Waals surface area contributed by atoms with E-state index >= 15 is 0 Å². The highest BCUT2D eigenvalue weighted by molar-refractivity contribution is 9.10. The average molecular weight is 475 g/mol. The van der Waals surface area contributed by atoms with Gasteiger partial charge >= 0.3 is 0 Å². The third-order valence-electron chi connectivity index (χ3n) is 3.80. The Bertz CT molecular complexity index is 1090. The van der Waals surface area contributed by atoms with Crippen molar-refractivity contribution in [2.45, 2.75) is 6.10 Å². The summed E-state index contributed by atoms with van der Waals surface area (Å²) in [7, 11) is 0. The number of nitrogens with two attached hydrogens (primary N) is 1. The van der Waals surface area contributed by atoms with Gasteiger partial charge in [-0.25, -0.2) is 22.5 Å². The molecule has 6 nitrogen and oxygen atoms in total. The molecule has 3 N–H and O–H groups in total. The zero-order valence-electron chi connectivity index (χ0n) is 14.3. The molecule has 0 bridgehead atoms. The second-order valence-electron chi connectivity index (χ2n) is 5.69. The minimum Gasteiger partial charge on any atom is -0.475 e. The Kier molecular flexibility index (Phi) is 5.89. The van der Waals surface area contributed by atoms with E-state index in [4.69, 9.17) is 14.9 Å². The fourth-order valence-electron chi connectivity index (χ4n) is 2.47. The van der Waals surface area contributed by atoms with Gasteiger partial charge in [-0.1, -0.05) is 0 Å². The number of hydrogen-bond acceptors (Lipinski definition) is 5. The maximum absolute atomic E-state index is 14.3. The third-order valence-corrected chi connectivity index (χ3v) is 4.34. The highest BCUT2D eigenvalue weighted by Gasteiger charge is 2.27. The maximum Gasteiger partial charge on any atom is 0.254 e. The van der Waals surface area contributed by atoms with Gasteiger partial charge in [0.25, 0.3) is 5.91 Å². The molecule has 11 heteroatoms. The first-order valence-corrected chi connectivity index (χ1v) is 8.69. The highest BCUT2D eigenvalue weighted by atomic mass is 79.9. The average Bonchev–Trinajstić information content (AvgIpc) is 3.02. The van der Waals surface area contributed by atoms with Crippen LogP contribution in [0.25, 0.3) is 11.3 Å². The largest absolute Gasteiger partial charge is 0.475 e. The zero-order chi connectivity index (χ0) is 21.3. The SMILES string of the molecule is NC(=O)c1c(F)ccc(O[C@@H](CO)c2nc(-c3ccc(F)cc3F)c(Br)o2)c1F. The van der Waals surface area contributed by atoms with Gasteiger partial charge < -0.3 is 20.0 Å². The lowest BCUT2D eigenvalue weighted by molar-refractivity contribution is 0.0880. The van der Waals surface area contributed by atoms with E-state index in [1.165, 1.54) is 0 Å². The van der Waals surface area contributed by atoms with Crippen molar-refractivity contribution in [1.82, 2.24) is 4.98 Å². The van der Waals surface area contributed by atoms with Gasteiger partial charge in [0, 0.05) is 11.6 Å². The van der Waals surface area contributed by atoms with E-state index < -0.39 is 53.2 Å². The smallest absolute Gasteiger partial charge is 0.254 e. The Morgan fingerprint density at radius 3 is 2.55 bits per heavy atom. The normalized spacial score (nSPS) is 12.1. The van der Waals surface area contributed by atoms with Crippen molar-refractivity contribution >= 4 is 21.8 Å². The first-order chi connectivity index (χ1) is 13.7. The summed E-state index contributed by atoms with van der Waals surface area (Å²) < 4.78 is 65.5. The molecule has 1 aromatic heterocycles. The number of carbonyl (C=O) groups is 1. The topological polar surface area (TPSA) is 98.6 Å². The second kappa shape index (κ2) is 8.21. The Morgan fingerprint density at radius 2 is 1.93 bits per heavy atom. The minimum atomic E-state index is -1.40. The monoisotopic (exact) mass is 474 g/mol. The van der Waals surface area contributed by atoms with E-state index in [9.17, 15) is 27.5 Å². The van der Waals surface area contributed by atoms with E-state index in [-0.39, 0.29) is 21.8 Å². The maximum atomic E-state index is 14.3. The van der Waals surface area contributed by atoms with E-state index in [2.05, 4.69) is 20.9 Å². The zero-order valence-corrected chi connectivity index (χ0v) is 15.8. The van der Waals surface area contributed by atoms with Crippen LogP contribution in [0.3, 0.4) is 0 Å². The molecule has 0 radical (unpaired) electrons. The number of primary amides is 1. The number of rotatable bonds is 6. The van der Waals surface area contributed by atoms with Crippen molar-refractivity contribution in [3.05, 3.63) is 69.7 Å². The van der Waals surface area contributed by atoms with Crippen LogP contribution in [0.5, 0.6) is 5.75 Å². The number of halogens is 5. The lowest BCUT2D eigenvalue weighted by Gasteiger charge is -2.15. The Labute approximate surface area is 169 Å². The first-order valence-electron chi connectivity index (χ1n) is 7.89. The van der Waals surface area contributed by atoms with Crippen LogP contribution >= 0.6 is 15.9 Å². The lowest BCUT2D eigenvalue weighted by Crippen LogP contribution is -2.18. The molecular formula is C18H11BrF4N2O4. The number of ether oxygens (including phenoxy) is 1. The molecule has 0 saturated carbocycles. The van der Waals surface area contributed by atoms with Crippen molar-refractivity contribution in [2.75, 3.05) is 6.61 Å². The number of carbonyl (C=O) groups excluding carboxylic acids is 1. The highest BCUT2D eigenvalue weighted by Crippen LogP contribution is 2.34. The van der Waals surface area contributed by atoms with Crippen LogP contribution in [-0.4, -0.2) is 22.6 Å². The molecule has 0 aliphatic rings. The fourth-order valence-corrected chi connectivity index (χ4v) is 2.94. The summed E-state index contributed by atoms with van der Waals surface area (Å²) in [6, 6.07) is 4.44. The molecule has 0 aliphatic heterocycles. The molecule has 152 valence electrons. The molecule has 0 unspecified atom stereocenters. The molecule has 3 rings (SSSR count). The van der Waals surface area contributed by atoms with Crippen molar-refractivity contribution in [3.8, 4) is 17.0 Å². The molecule has 2 aromatic carbocycles. The number of aliphatic hydroxyl groups excluding tert-OH is 1. The summed E-state index contributed by atoms with van der Waals surface area (Å²) in [5.41, 5.74) is 3.77. The predicted octanol–water partition coefficient (Wildman–Crippen LogP) is 3.87. The van der Waals surface area contributed by atoms with Gasteiger partial charge in [0.15, 0.2) is 22.3 Å². The number of benzene rings is 2. The van der Waals surface area contributed by atoms with E-state index in [1.807, 2.05) is 0 Å². The van der Waals surface area contributed by atoms with Crippen LogP contribution in [0.15, 0.2) is 39.4 Å². The molecular weight excluding hydrogens is 464 g/mol. The molecule has 0 fully saturated rings. The Hall–Kier alpha value is -2.92. The van der Waals surface area contributed by atoms with Crippen LogP contribution < -0.4 is 10.5 Å². The molecule has 3 aromatic rings. The van der Waals surface area contributed by atoms with Gasteiger partial charge in [-0.2, -0.15) is 0 Å². The van der Waals surface area contributed by atoms with Crippen molar-refractivity contribution < 1.29 is 36.6 Å². The van der Waals surface area contributed by atoms with Gasteiger partial charge in [0.1, 0.15) is 28.7 Å². The molecule has 1 heterocycles. The van der Waals surface area contributed by atoms with Crippen LogP contribution in [0.1, 0.15) is 22.4 Å². The summed E-state index contributed by atoms with van der Waals surface area (Å²) >= 11 is 3.03. The van der Waals surface area contributed by atoms with Crippen molar-refractivity contribution in [3.63, 3.8) is 0 Å². The van der Waals surface area contributed by atoms with Crippen molar-refractivity contribution in [2.24, 2.45) is 5.73 Å². The lowest BCUT2D eigenvalue weighted by atomic mass is 10.1. The van der Waals surface area contributed by atoms with Crippen LogP contribution in [-0.2, 0) is 0 Å². The summed E-state index contributed by atoms with van der Waals surface area (Å²) in [5.74, 6) is -6.49. The van der Waals surface area contributed by atoms with Crippen LogP contribution in [0.2, 0.25) is 0 Å².